The van der Waals surface area contributed by atoms with Crippen molar-refractivity contribution in [1.82, 2.24) is 14.9 Å². The molecule has 8 heteroatoms. The molecule has 0 atom stereocenters. The summed E-state index contributed by atoms with van der Waals surface area (Å²) in [7, 11) is 0. The summed E-state index contributed by atoms with van der Waals surface area (Å²) in [4.78, 5) is 26.7. The van der Waals surface area contributed by atoms with E-state index in [4.69, 9.17) is 16.6 Å². The van der Waals surface area contributed by atoms with Gasteiger partial charge < -0.3 is 20.0 Å². The van der Waals surface area contributed by atoms with Gasteiger partial charge in [-0.05, 0) is 49.0 Å². The molecule has 3 aromatic rings. The predicted molar refractivity (Wildman–Crippen MR) is 99.9 cm³/mol. The molecule has 0 fully saturated rings. The molecule has 0 radical (unpaired) electrons. The quantitative estimate of drug-likeness (QED) is 0.440. The molecule has 134 valence electrons. The van der Waals surface area contributed by atoms with Gasteiger partial charge in [0, 0.05) is 36.7 Å². The van der Waals surface area contributed by atoms with Gasteiger partial charge in [0.05, 0.1) is 6.26 Å². The molecule has 26 heavy (non-hydrogen) atoms. The zero-order valence-electron chi connectivity index (χ0n) is 13.9. The first-order valence-corrected chi connectivity index (χ1v) is 8.52. The minimum atomic E-state index is -0.286. The lowest BCUT2D eigenvalue weighted by Gasteiger charge is -2.08. The number of H-pyrrole nitrogens is 1. The van der Waals surface area contributed by atoms with Crippen molar-refractivity contribution in [3.05, 3.63) is 65.6 Å². The van der Waals surface area contributed by atoms with Crippen LogP contribution in [-0.4, -0.2) is 27.9 Å². The number of rotatable bonds is 7. The number of aromatic amines is 1. The summed E-state index contributed by atoms with van der Waals surface area (Å²) in [5.41, 5.74) is 1.55. The van der Waals surface area contributed by atoms with Crippen LogP contribution in [0.5, 0.6) is 0 Å². The summed E-state index contributed by atoms with van der Waals surface area (Å²) in [5.74, 6) is -0.145. The summed E-state index contributed by atoms with van der Waals surface area (Å²) in [6, 6.07) is 10.7. The first-order chi connectivity index (χ1) is 12.6. The van der Waals surface area contributed by atoms with Crippen molar-refractivity contribution in [2.45, 2.75) is 12.8 Å². The summed E-state index contributed by atoms with van der Waals surface area (Å²) >= 11 is 5.20. The maximum Gasteiger partial charge on any atom is 0.286 e. The van der Waals surface area contributed by atoms with E-state index in [1.165, 1.54) is 6.26 Å². The molecule has 0 unspecified atom stereocenters. The monoisotopic (exact) mass is 370 g/mol. The highest BCUT2D eigenvalue weighted by Gasteiger charge is 2.08. The zero-order valence-corrected chi connectivity index (χ0v) is 14.7. The summed E-state index contributed by atoms with van der Waals surface area (Å²) in [6.07, 6.45) is 5.85. The van der Waals surface area contributed by atoms with Gasteiger partial charge in [0.25, 0.3) is 5.91 Å². The van der Waals surface area contributed by atoms with Gasteiger partial charge in [-0.2, -0.15) is 0 Å². The van der Waals surface area contributed by atoms with Crippen LogP contribution in [0.1, 0.15) is 23.4 Å². The minimum Gasteiger partial charge on any atom is -0.459 e. The Labute approximate surface area is 155 Å². The highest BCUT2D eigenvalue weighted by Crippen LogP contribution is 2.15. The third-order valence-corrected chi connectivity index (χ3v) is 3.98. The maximum absolute atomic E-state index is 12.1. The number of carbonyl (C=O) groups excluding carboxylic acids is 2. The van der Waals surface area contributed by atoms with Crippen molar-refractivity contribution in [3.63, 3.8) is 0 Å². The number of carbonyl (C=O) groups is 2. The fourth-order valence-electron chi connectivity index (χ4n) is 2.43. The summed E-state index contributed by atoms with van der Waals surface area (Å²) in [6.45, 7) is 0.394. The molecule has 0 aliphatic carbocycles. The summed E-state index contributed by atoms with van der Waals surface area (Å²) < 4.78 is 7.40. The van der Waals surface area contributed by atoms with Gasteiger partial charge in [-0.15, -0.1) is 0 Å². The third kappa shape index (κ3) is 4.48. The number of imidazole rings is 1. The van der Waals surface area contributed by atoms with Gasteiger partial charge in [-0.3, -0.25) is 14.2 Å². The van der Waals surface area contributed by atoms with Crippen LogP contribution in [0.25, 0.3) is 5.69 Å². The van der Waals surface area contributed by atoms with Crippen molar-refractivity contribution < 1.29 is 14.0 Å². The average Bonchev–Trinajstić information content (AvgIpc) is 3.30. The van der Waals surface area contributed by atoms with E-state index in [0.717, 1.165) is 5.69 Å². The van der Waals surface area contributed by atoms with Gasteiger partial charge in [-0.25, -0.2) is 0 Å². The number of hydrogen-bond donors (Lipinski definition) is 3. The molecule has 0 bridgehead atoms. The molecule has 7 nitrogen and oxygen atoms in total. The second-order valence-electron chi connectivity index (χ2n) is 5.57. The van der Waals surface area contributed by atoms with Crippen LogP contribution in [0.3, 0.4) is 0 Å². The predicted octanol–water partition coefficient (Wildman–Crippen LogP) is 3.28. The Kier molecular flexibility index (Phi) is 5.65. The van der Waals surface area contributed by atoms with E-state index in [9.17, 15) is 9.59 Å². The lowest BCUT2D eigenvalue weighted by atomic mass is 10.2. The van der Waals surface area contributed by atoms with E-state index < -0.39 is 0 Å². The number of nitrogens with zero attached hydrogens (tertiary/aromatic N) is 1. The summed E-state index contributed by atoms with van der Waals surface area (Å²) in [5, 5.41) is 5.56. The Bertz CT molecular complexity index is 943. The van der Waals surface area contributed by atoms with Crippen LogP contribution in [0, 0.1) is 4.77 Å². The molecule has 1 aromatic carbocycles. The molecular weight excluding hydrogens is 352 g/mol. The van der Waals surface area contributed by atoms with Crippen molar-refractivity contribution >= 4 is 29.7 Å². The van der Waals surface area contributed by atoms with Crippen molar-refractivity contribution in [3.8, 4) is 5.69 Å². The number of amides is 2. The maximum atomic E-state index is 12.1. The van der Waals surface area contributed by atoms with E-state index in [0.29, 0.717) is 29.8 Å². The SMILES string of the molecule is O=C(CCCNC(=O)c1ccco1)Nc1cccc(-n2cc[nH]c2=S)c1. The minimum absolute atomic E-state index is 0.118. The molecule has 3 rings (SSSR count). The van der Waals surface area contributed by atoms with Gasteiger partial charge in [0.2, 0.25) is 5.91 Å². The molecule has 0 aliphatic heterocycles. The van der Waals surface area contributed by atoms with Crippen molar-refractivity contribution in [2.75, 3.05) is 11.9 Å². The Hall–Kier alpha value is -3.13. The van der Waals surface area contributed by atoms with Crippen LogP contribution in [0.2, 0.25) is 0 Å². The molecule has 2 aromatic heterocycles. The van der Waals surface area contributed by atoms with Crippen molar-refractivity contribution in [1.29, 1.82) is 0 Å². The van der Waals surface area contributed by atoms with Crippen LogP contribution in [-0.2, 0) is 4.79 Å². The molecule has 2 heterocycles. The van der Waals surface area contributed by atoms with E-state index in [2.05, 4.69) is 15.6 Å². The van der Waals surface area contributed by atoms with Crippen molar-refractivity contribution in [2.24, 2.45) is 0 Å². The third-order valence-electron chi connectivity index (χ3n) is 3.67. The topological polar surface area (TPSA) is 92.1 Å². The Morgan fingerprint density at radius 2 is 2.12 bits per heavy atom. The smallest absolute Gasteiger partial charge is 0.286 e. The van der Waals surface area contributed by atoms with Gasteiger partial charge in [-0.1, -0.05) is 6.07 Å². The van der Waals surface area contributed by atoms with Gasteiger partial charge in [0.15, 0.2) is 10.5 Å². The molecule has 3 N–H and O–H groups in total. The highest BCUT2D eigenvalue weighted by atomic mass is 32.1. The van der Waals surface area contributed by atoms with Crippen LogP contribution in [0.15, 0.2) is 59.5 Å². The van der Waals surface area contributed by atoms with Crippen LogP contribution in [0.4, 0.5) is 5.69 Å². The Balaban J connectivity index is 1.47. The van der Waals surface area contributed by atoms with Gasteiger partial charge in [0.1, 0.15) is 0 Å². The molecular formula is C18H18N4O3S. The first kappa shape index (κ1) is 17.7. The molecule has 0 saturated carbocycles. The van der Waals surface area contributed by atoms with Gasteiger partial charge >= 0.3 is 0 Å². The highest BCUT2D eigenvalue weighted by molar-refractivity contribution is 7.71. The van der Waals surface area contributed by atoms with E-state index in [1.807, 2.05) is 35.0 Å². The Morgan fingerprint density at radius 3 is 2.85 bits per heavy atom. The fourth-order valence-corrected chi connectivity index (χ4v) is 2.66. The molecule has 0 spiro atoms. The molecule has 0 aliphatic rings. The largest absolute Gasteiger partial charge is 0.459 e. The first-order valence-electron chi connectivity index (χ1n) is 8.11. The second-order valence-corrected chi connectivity index (χ2v) is 5.96. The number of benzene rings is 1. The number of furan rings is 1. The fraction of sp³-hybridized carbons (Fsp3) is 0.167. The lowest BCUT2D eigenvalue weighted by Crippen LogP contribution is -2.25. The zero-order chi connectivity index (χ0) is 18.4. The second kappa shape index (κ2) is 8.30. The van der Waals surface area contributed by atoms with E-state index >= 15 is 0 Å². The number of anilines is 1. The average molecular weight is 370 g/mol. The number of aromatic nitrogens is 2. The van der Waals surface area contributed by atoms with E-state index in [-0.39, 0.29) is 17.6 Å². The van der Waals surface area contributed by atoms with E-state index in [1.54, 1.807) is 18.3 Å². The van der Waals surface area contributed by atoms with Crippen LogP contribution < -0.4 is 10.6 Å². The molecule has 0 saturated heterocycles. The number of hydrogen-bond acceptors (Lipinski definition) is 4. The van der Waals surface area contributed by atoms with Crippen LogP contribution >= 0.6 is 12.2 Å². The standard InChI is InChI=1S/C18H18N4O3S/c23-16(7-2-8-19-17(24)15-6-3-11-25-15)21-13-4-1-5-14(12-13)22-10-9-20-18(22)26/h1,3-6,9-12H,2,7-8H2,(H,19,24)(H,20,26)(H,21,23). The molecule has 2 amide bonds. The lowest BCUT2D eigenvalue weighted by molar-refractivity contribution is -0.116. The number of nitrogens with one attached hydrogen (secondary N) is 3. The Morgan fingerprint density at radius 1 is 1.23 bits per heavy atom. The normalized spacial score (nSPS) is 10.5.